The third kappa shape index (κ3) is 5.30. The lowest BCUT2D eigenvalue weighted by atomic mass is 10.2. The zero-order valence-corrected chi connectivity index (χ0v) is 18.7. The molecule has 3 rings (SSSR count). The number of hydrogen-bond acceptors (Lipinski definition) is 4. The Morgan fingerprint density at radius 3 is 2.31 bits per heavy atom. The monoisotopic (exact) mass is 496 g/mol. The Morgan fingerprint density at radius 1 is 1.07 bits per heavy atom. The highest BCUT2D eigenvalue weighted by Gasteiger charge is 2.26. The van der Waals surface area contributed by atoms with E-state index in [4.69, 9.17) is 0 Å². The van der Waals surface area contributed by atoms with Crippen LogP contribution in [0.15, 0.2) is 75.4 Å². The number of benzene rings is 2. The van der Waals surface area contributed by atoms with E-state index in [1.165, 1.54) is 59.7 Å². The van der Waals surface area contributed by atoms with Gasteiger partial charge in [0.15, 0.2) is 0 Å². The van der Waals surface area contributed by atoms with Crippen molar-refractivity contribution in [2.45, 2.75) is 11.4 Å². The van der Waals surface area contributed by atoms with Crippen molar-refractivity contribution >= 4 is 48.9 Å². The van der Waals surface area contributed by atoms with Crippen molar-refractivity contribution in [3.63, 3.8) is 0 Å². The van der Waals surface area contributed by atoms with Crippen molar-refractivity contribution in [1.29, 1.82) is 0 Å². The van der Waals surface area contributed by atoms with Crippen LogP contribution >= 0.6 is 27.3 Å². The van der Waals surface area contributed by atoms with Gasteiger partial charge in [-0.15, -0.1) is 11.3 Å². The number of amides is 1. The predicted molar refractivity (Wildman–Crippen MR) is 116 cm³/mol. The zero-order chi connectivity index (χ0) is 21.0. The number of carbonyl (C=O) groups excluding carboxylic acids is 1. The lowest BCUT2D eigenvalue weighted by Gasteiger charge is -2.25. The average molecular weight is 497 g/mol. The number of halogens is 2. The number of carbonyl (C=O) groups is 1. The van der Waals surface area contributed by atoms with Gasteiger partial charge in [0.25, 0.3) is 0 Å². The summed E-state index contributed by atoms with van der Waals surface area (Å²) in [4.78, 5) is 15.5. The fraction of sp³-hybridized carbons (Fsp3) is 0.150. The lowest BCUT2D eigenvalue weighted by Crippen LogP contribution is -2.40. The van der Waals surface area contributed by atoms with Gasteiger partial charge in [-0.2, -0.15) is 4.31 Å². The summed E-state index contributed by atoms with van der Waals surface area (Å²) in [6.07, 6.45) is 0. The van der Waals surface area contributed by atoms with Gasteiger partial charge in [0.2, 0.25) is 15.9 Å². The third-order valence-corrected chi connectivity index (χ3v) is 7.42. The molecule has 0 bridgehead atoms. The molecule has 0 atom stereocenters. The first-order valence-corrected chi connectivity index (χ1v) is 11.7. The molecular formula is C20H18BrFN2O3S2. The summed E-state index contributed by atoms with van der Waals surface area (Å²) in [7, 11) is -2.46. The molecule has 1 heterocycles. The summed E-state index contributed by atoms with van der Waals surface area (Å²) < 4.78 is 40.7. The summed E-state index contributed by atoms with van der Waals surface area (Å²) in [5, 5.41) is 1.90. The minimum absolute atomic E-state index is 0.0996. The molecule has 0 saturated carbocycles. The number of rotatable bonds is 7. The second kappa shape index (κ2) is 9.17. The molecule has 0 aliphatic rings. The highest BCUT2D eigenvalue weighted by atomic mass is 79.9. The normalized spacial score (nSPS) is 11.6. The van der Waals surface area contributed by atoms with Crippen molar-refractivity contribution in [1.82, 2.24) is 4.31 Å². The van der Waals surface area contributed by atoms with Gasteiger partial charge in [0.1, 0.15) is 5.82 Å². The molecule has 0 unspecified atom stereocenters. The standard InChI is InChI=1S/C20H18BrFN2O3S2/c1-23(29(26,27)19-10-4-15(21)5-11-19)14-20(25)24(13-18-3-2-12-28-18)17-8-6-16(22)7-9-17/h2-12H,13-14H2,1H3. The van der Waals surface area contributed by atoms with Gasteiger partial charge in [0.05, 0.1) is 18.0 Å². The Balaban J connectivity index is 1.83. The maximum absolute atomic E-state index is 13.3. The summed E-state index contributed by atoms with van der Waals surface area (Å²) in [5.41, 5.74) is 0.499. The van der Waals surface area contributed by atoms with Crippen LogP contribution in [0, 0.1) is 5.82 Å². The van der Waals surface area contributed by atoms with Crippen molar-refractivity contribution in [3.05, 3.63) is 81.2 Å². The maximum atomic E-state index is 13.3. The molecule has 2 aromatic carbocycles. The van der Waals surface area contributed by atoms with Crippen LogP contribution in [0.3, 0.4) is 0 Å². The molecule has 5 nitrogen and oxygen atoms in total. The Morgan fingerprint density at radius 2 is 1.72 bits per heavy atom. The Hall–Kier alpha value is -2.07. The maximum Gasteiger partial charge on any atom is 0.243 e. The molecule has 1 aromatic heterocycles. The first kappa shape index (κ1) is 21.6. The van der Waals surface area contributed by atoms with Crippen LogP contribution in [0.2, 0.25) is 0 Å². The minimum atomic E-state index is -3.83. The molecule has 29 heavy (non-hydrogen) atoms. The zero-order valence-electron chi connectivity index (χ0n) is 15.5. The molecule has 0 aliphatic heterocycles. The second-order valence-electron chi connectivity index (χ2n) is 6.25. The Labute approximate surface area is 181 Å². The van der Waals surface area contributed by atoms with Crippen LogP contribution in [0.1, 0.15) is 4.88 Å². The van der Waals surface area contributed by atoms with E-state index in [1.54, 1.807) is 12.1 Å². The van der Waals surface area contributed by atoms with E-state index in [-0.39, 0.29) is 18.0 Å². The molecule has 0 aliphatic carbocycles. The van der Waals surface area contributed by atoms with Crippen LogP contribution in [0.25, 0.3) is 0 Å². The van der Waals surface area contributed by atoms with Crippen molar-refractivity contribution in [3.8, 4) is 0 Å². The van der Waals surface area contributed by atoms with Crippen LogP contribution < -0.4 is 4.90 Å². The van der Waals surface area contributed by atoms with Gasteiger partial charge < -0.3 is 4.90 Å². The fourth-order valence-electron chi connectivity index (χ4n) is 2.65. The van der Waals surface area contributed by atoms with Gasteiger partial charge >= 0.3 is 0 Å². The number of nitrogens with zero attached hydrogens (tertiary/aromatic N) is 2. The first-order chi connectivity index (χ1) is 13.8. The second-order valence-corrected chi connectivity index (χ2v) is 10.2. The van der Waals surface area contributed by atoms with Gasteiger partial charge in [-0.25, -0.2) is 12.8 Å². The van der Waals surface area contributed by atoms with Crippen molar-refractivity contribution in [2.75, 3.05) is 18.5 Å². The highest BCUT2D eigenvalue weighted by molar-refractivity contribution is 9.10. The fourth-order valence-corrected chi connectivity index (χ4v) is 4.73. The molecule has 0 spiro atoms. The van der Waals surface area contributed by atoms with Gasteiger partial charge in [-0.3, -0.25) is 4.79 Å². The molecule has 9 heteroatoms. The van der Waals surface area contributed by atoms with Crippen molar-refractivity contribution in [2.24, 2.45) is 0 Å². The molecule has 3 aromatic rings. The summed E-state index contributed by atoms with van der Waals surface area (Å²) in [6, 6.07) is 15.5. The summed E-state index contributed by atoms with van der Waals surface area (Å²) in [5.74, 6) is -0.819. The molecule has 0 radical (unpaired) electrons. The third-order valence-electron chi connectivity index (χ3n) is 4.21. The average Bonchev–Trinajstić information content (AvgIpc) is 3.20. The number of sulfonamides is 1. The van der Waals surface area contributed by atoms with Crippen LogP contribution in [-0.4, -0.2) is 32.2 Å². The SMILES string of the molecule is CN(CC(=O)N(Cc1cccs1)c1ccc(F)cc1)S(=O)(=O)c1ccc(Br)cc1. The first-order valence-electron chi connectivity index (χ1n) is 8.57. The topological polar surface area (TPSA) is 57.7 Å². The molecule has 0 fully saturated rings. The number of likely N-dealkylation sites (N-methyl/N-ethyl adjacent to an activating group) is 1. The van der Waals surface area contributed by atoms with Gasteiger partial charge in [-0.1, -0.05) is 22.0 Å². The Kier molecular flexibility index (Phi) is 6.84. The quantitative estimate of drug-likeness (QED) is 0.483. The van der Waals surface area contributed by atoms with E-state index >= 15 is 0 Å². The molecule has 152 valence electrons. The molecule has 1 amide bonds. The van der Waals surface area contributed by atoms with E-state index in [9.17, 15) is 17.6 Å². The van der Waals surface area contributed by atoms with Gasteiger partial charge in [-0.05, 0) is 60.0 Å². The minimum Gasteiger partial charge on any atom is -0.306 e. The highest BCUT2D eigenvalue weighted by Crippen LogP contribution is 2.22. The Bertz CT molecular complexity index is 1070. The summed E-state index contributed by atoms with van der Waals surface area (Å²) >= 11 is 4.76. The smallest absolute Gasteiger partial charge is 0.243 e. The van der Waals surface area contributed by atoms with E-state index < -0.39 is 21.7 Å². The molecular weight excluding hydrogens is 479 g/mol. The predicted octanol–water partition coefficient (Wildman–Crippen LogP) is 4.50. The number of thiophene rings is 1. The summed E-state index contributed by atoms with van der Waals surface area (Å²) in [6.45, 7) is -0.0740. The van der Waals surface area contributed by atoms with E-state index in [2.05, 4.69) is 15.9 Å². The largest absolute Gasteiger partial charge is 0.306 e. The van der Waals surface area contributed by atoms with E-state index in [0.717, 1.165) is 13.7 Å². The van der Waals surface area contributed by atoms with Crippen LogP contribution in [-0.2, 0) is 21.4 Å². The van der Waals surface area contributed by atoms with E-state index in [1.807, 2.05) is 17.5 Å². The lowest BCUT2D eigenvalue weighted by molar-refractivity contribution is -0.118. The van der Waals surface area contributed by atoms with Gasteiger partial charge in [0, 0.05) is 22.1 Å². The molecule has 0 N–H and O–H groups in total. The van der Waals surface area contributed by atoms with Crippen molar-refractivity contribution < 1.29 is 17.6 Å². The molecule has 0 saturated heterocycles. The van der Waals surface area contributed by atoms with E-state index in [0.29, 0.717) is 5.69 Å². The van der Waals surface area contributed by atoms with Crippen LogP contribution in [0.4, 0.5) is 10.1 Å². The number of anilines is 1. The number of hydrogen-bond donors (Lipinski definition) is 0. The van der Waals surface area contributed by atoms with Crippen LogP contribution in [0.5, 0.6) is 0 Å².